The highest BCUT2D eigenvalue weighted by Crippen LogP contribution is 2.23. The predicted molar refractivity (Wildman–Crippen MR) is 82.2 cm³/mol. The molecule has 3 N–H and O–H groups in total. The van der Waals surface area contributed by atoms with Crippen LogP contribution in [-0.4, -0.2) is 8.42 Å². The first-order chi connectivity index (χ1) is 9.79. The number of anilines is 2. The van der Waals surface area contributed by atoms with Crippen LogP contribution >= 0.6 is 0 Å². The molecule has 0 fully saturated rings. The van der Waals surface area contributed by atoms with E-state index in [2.05, 4.69) is 4.72 Å². The molecule has 0 bridgehead atoms. The van der Waals surface area contributed by atoms with Gasteiger partial charge in [-0.3, -0.25) is 4.72 Å². The van der Waals surface area contributed by atoms with Crippen LogP contribution in [0.2, 0.25) is 0 Å². The zero-order chi connectivity index (χ0) is 15.6. The molecule has 21 heavy (non-hydrogen) atoms. The Morgan fingerprint density at radius 3 is 2.29 bits per heavy atom. The van der Waals surface area contributed by atoms with Gasteiger partial charge in [0.15, 0.2) is 0 Å². The Bertz CT molecular complexity index is 741. The lowest BCUT2D eigenvalue weighted by Crippen LogP contribution is -2.14. The molecule has 0 radical (unpaired) electrons. The van der Waals surface area contributed by atoms with Gasteiger partial charge in [-0.15, -0.1) is 0 Å². The van der Waals surface area contributed by atoms with Gasteiger partial charge in [-0.25, -0.2) is 12.8 Å². The lowest BCUT2D eigenvalue weighted by molar-refractivity contribution is 0.598. The van der Waals surface area contributed by atoms with E-state index >= 15 is 0 Å². The molecule has 4 nitrogen and oxygen atoms in total. The van der Waals surface area contributed by atoms with Crippen molar-refractivity contribution in [3.05, 3.63) is 53.8 Å². The SMILES string of the molecule is CC(C)c1ccc(S(=O)(=O)Nc2cc(N)ccc2F)cc1. The number of hydrogen-bond acceptors (Lipinski definition) is 3. The minimum Gasteiger partial charge on any atom is -0.399 e. The van der Waals surface area contributed by atoms with Crippen LogP contribution in [0, 0.1) is 5.82 Å². The Labute approximate surface area is 123 Å². The number of nitrogen functional groups attached to an aromatic ring is 1. The number of halogens is 1. The molecule has 0 saturated carbocycles. The van der Waals surface area contributed by atoms with E-state index in [9.17, 15) is 12.8 Å². The first kappa shape index (κ1) is 15.3. The topological polar surface area (TPSA) is 72.2 Å². The lowest BCUT2D eigenvalue weighted by Gasteiger charge is -2.11. The molecule has 2 aromatic rings. The van der Waals surface area contributed by atoms with Crippen molar-refractivity contribution in [3.63, 3.8) is 0 Å². The van der Waals surface area contributed by atoms with Crippen LogP contribution in [0.25, 0.3) is 0 Å². The number of hydrogen-bond donors (Lipinski definition) is 2. The van der Waals surface area contributed by atoms with E-state index in [1.165, 1.54) is 24.3 Å². The van der Waals surface area contributed by atoms with Crippen molar-refractivity contribution < 1.29 is 12.8 Å². The Morgan fingerprint density at radius 2 is 1.71 bits per heavy atom. The fourth-order valence-corrected chi connectivity index (χ4v) is 2.91. The molecule has 0 aliphatic carbocycles. The van der Waals surface area contributed by atoms with Gasteiger partial charge in [-0.05, 0) is 41.8 Å². The molecule has 0 atom stereocenters. The highest BCUT2D eigenvalue weighted by molar-refractivity contribution is 7.92. The minimum absolute atomic E-state index is 0.0775. The van der Waals surface area contributed by atoms with Gasteiger partial charge < -0.3 is 5.73 Å². The van der Waals surface area contributed by atoms with Gasteiger partial charge >= 0.3 is 0 Å². The second kappa shape index (κ2) is 5.73. The first-order valence-electron chi connectivity index (χ1n) is 6.47. The van der Waals surface area contributed by atoms with Crippen LogP contribution in [0.1, 0.15) is 25.3 Å². The summed E-state index contributed by atoms with van der Waals surface area (Å²) in [6, 6.07) is 10.2. The van der Waals surface area contributed by atoms with Gasteiger partial charge in [0, 0.05) is 5.69 Å². The summed E-state index contributed by atoms with van der Waals surface area (Å²) in [4.78, 5) is 0.0775. The van der Waals surface area contributed by atoms with Gasteiger partial charge in [0.2, 0.25) is 0 Å². The molecule has 112 valence electrons. The average molecular weight is 308 g/mol. The van der Waals surface area contributed by atoms with Crippen molar-refractivity contribution in [1.29, 1.82) is 0 Å². The molecule has 2 rings (SSSR count). The molecule has 0 aliphatic rings. The maximum absolute atomic E-state index is 13.6. The number of nitrogens with two attached hydrogens (primary N) is 1. The number of sulfonamides is 1. The first-order valence-corrected chi connectivity index (χ1v) is 7.96. The van der Waals surface area contributed by atoms with Crippen LogP contribution < -0.4 is 10.5 Å². The molecule has 2 aromatic carbocycles. The van der Waals surface area contributed by atoms with E-state index in [1.54, 1.807) is 12.1 Å². The molecule has 0 amide bonds. The van der Waals surface area contributed by atoms with Gasteiger partial charge in [-0.2, -0.15) is 0 Å². The molecule has 6 heteroatoms. The average Bonchev–Trinajstić information content (AvgIpc) is 2.43. The van der Waals surface area contributed by atoms with Crippen LogP contribution in [0.3, 0.4) is 0 Å². The minimum atomic E-state index is -3.84. The zero-order valence-electron chi connectivity index (χ0n) is 11.8. The van der Waals surface area contributed by atoms with Gasteiger partial charge in [-0.1, -0.05) is 26.0 Å². The molecule has 0 spiro atoms. The monoisotopic (exact) mass is 308 g/mol. The van der Waals surface area contributed by atoms with E-state index in [1.807, 2.05) is 13.8 Å². The fourth-order valence-electron chi connectivity index (χ4n) is 1.86. The fraction of sp³-hybridized carbons (Fsp3) is 0.200. The quantitative estimate of drug-likeness (QED) is 0.851. The highest BCUT2D eigenvalue weighted by Gasteiger charge is 2.16. The van der Waals surface area contributed by atoms with Crippen molar-refractivity contribution in [2.75, 3.05) is 10.5 Å². The summed E-state index contributed by atoms with van der Waals surface area (Å²) in [5.74, 6) is -0.368. The third-order valence-corrected chi connectivity index (χ3v) is 4.47. The number of rotatable bonds is 4. The van der Waals surface area contributed by atoms with Crippen molar-refractivity contribution in [3.8, 4) is 0 Å². The third-order valence-electron chi connectivity index (χ3n) is 3.09. The normalized spacial score (nSPS) is 11.6. The number of benzene rings is 2. The molecule has 0 heterocycles. The van der Waals surface area contributed by atoms with Crippen LogP contribution in [-0.2, 0) is 10.0 Å². The van der Waals surface area contributed by atoms with E-state index in [0.29, 0.717) is 5.92 Å². The molecular weight excluding hydrogens is 291 g/mol. The van der Waals surface area contributed by atoms with Crippen LogP contribution in [0.15, 0.2) is 47.4 Å². The molecule has 0 unspecified atom stereocenters. The summed E-state index contributed by atoms with van der Waals surface area (Å²) in [6.07, 6.45) is 0. The van der Waals surface area contributed by atoms with Crippen molar-refractivity contribution in [2.45, 2.75) is 24.7 Å². The summed E-state index contributed by atoms with van der Waals surface area (Å²) in [6.45, 7) is 4.04. The predicted octanol–water partition coefficient (Wildman–Crippen LogP) is 3.33. The van der Waals surface area contributed by atoms with Crippen LogP contribution in [0.5, 0.6) is 0 Å². The molecule has 0 aromatic heterocycles. The summed E-state index contributed by atoms with van der Waals surface area (Å²) in [5.41, 5.74) is 6.69. The number of nitrogens with one attached hydrogen (secondary N) is 1. The second-order valence-electron chi connectivity index (χ2n) is 5.07. The highest BCUT2D eigenvalue weighted by atomic mass is 32.2. The summed E-state index contributed by atoms with van der Waals surface area (Å²) < 4.78 is 40.3. The van der Waals surface area contributed by atoms with E-state index in [0.717, 1.165) is 11.6 Å². The third kappa shape index (κ3) is 3.52. The van der Waals surface area contributed by atoms with Gasteiger partial charge in [0.05, 0.1) is 10.6 Å². The summed E-state index contributed by atoms with van der Waals surface area (Å²) in [7, 11) is -3.84. The maximum atomic E-state index is 13.6. The smallest absolute Gasteiger partial charge is 0.261 e. The Kier molecular flexibility index (Phi) is 4.18. The second-order valence-corrected chi connectivity index (χ2v) is 6.75. The van der Waals surface area contributed by atoms with Crippen molar-refractivity contribution in [1.82, 2.24) is 0 Å². The van der Waals surface area contributed by atoms with Gasteiger partial charge in [0.25, 0.3) is 10.0 Å². The molecular formula is C15H17FN2O2S. The summed E-state index contributed by atoms with van der Waals surface area (Å²) in [5, 5.41) is 0. The maximum Gasteiger partial charge on any atom is 0.261 e. The summed E-state index contributed by atoms with van der Waals surface area (Å²) >= 11 is 0. The standard InChI is InChI=1S/C15H17FN2O2S/c1-10(2)11-3-6-13(7-4-11)21(19,20)18-15-9-12(17)5-8-14(15)16/h3-10,18H,17H2,1-2H3. The van der Waals surface area contributed by atoms with Crippen molar-refractivity contribution >= 4 is 21.4 Å². The zero-order valence-corrected chi connectivity index (χ0v) is 12.6. The van der Waals surface area contributed by atoms with E-state index in [4.69, 9.17) is 5.73 Å². The Morgan fingerprint density at radius 1 is 1.10 bits per heavy atom. The lowest BCUT2D eigenvalue weighted by atomic mass is 10.0. The largest absolute Gasteiger partial charge is 0.399 e. The van der Waals surface area contributed by atoms with Crippen molar-refractivity contribution in [2.24, 2.45) is 0 Å². The van der Waals surface area contributed by atoms with E-state index in [-0.39, 0.29) is 16.3 Å². The van der Waals surface area contributed by atoms with Gasteiger partial charge in [0.1, 0.15) is 5.82 Å². The van der Waals surface area contributed by atoms with Crippen LogP contribution in [0.4, 0.5) is 15.8 Å². The van der Waals surface area contributed by atoms with E-state index < -0.39 is 15.8 Å². The molecule has 0 aliphatic heterocycles. The molecule has 0 saturated heterocycles. The Hall–Kier alpha value is -2.08. The Balaban J connectivity index is 2.31.